The lowest BCUT2D eigenvalue weighted by molar-refractivity contribution is 0.600. The molecule has 0 saturated heterocycles. The Bertz CT molecular complexity index is 527. The van der Waals surface area contributed by atoms with Crippen LogP contribution in [0.3, 0.4) is 0 Å². The van der Waals surface area contributed by atoms with Crippen LogP contribution in [0.4, 0.5) is 0 Å². The summed E-state index contributed by atoms with van der Waals surface area (Å²) in [5.74, 6) is -0.0608. The van der Waals surface area contributed by atoms with E-state index in [-0.39, 0.29) is 5.75 Å². The molecule has 0 radical (unpaired) electrons. The quantitative estimate of drug-likeness (QED) is 0.681. The van der Waals surface area contributed by atoms with E-state index in [1.165, 1.54) is 18.8 Å². The van der Waals surface area contributed by atoms with Gasteiger partial charge in [-0.25, -0.2) is 13.4 Å². The van der Waals surface area contributed by atoms with Gasteiger partial charge in [0.2, 0.25) is 0 Å². The van der Waals surface area contributed by atoms with Crippen LogP contribution in [-0.4, -0.2) is 34.3 Å². The highest BCUT2D eigenvalue weighted by Crippen LogP contribution is 2.05. The molecule has 14 heavy (non-hydrogen) atoms. The van der Waals surface area contributed by atoms with Crippen molar-refractivity contribution < 1.29 is 8.42 Å². The second-order valence-corrected chi connectivity index (χ2v) is 5.18. The van der Waals surface area contributed by atoms with Crippen LogP contribution in [0.1, 0.15) is 5.69 Å². The van der Waals surface area contributed by atoms with Crippen molar-refractivity contribution in [3.63, 3.8) is 0 Å². The number of sulfone groups is 1. The molecule has 0 aliphatic rings. The molecule has 0 saturated carbocycles. The number of imidazole rings is 1. The molecule has 0 unspecified atom stereocenters. The van der Waals surface area contributed by atoms with Gasteiger partial charge in [-0.15, -0.1) is 5.10 Å². The van der Waals surface area contributed by atoms with Crippen LogP contribution in [0.2, 0.25) is 0 Å². The van der Waals surface area contributed by atoms with Crippen LogP contribution in [0.15, 0.2) is 18.7 Å². The number of hydrogen-bond donors (Lipinski definition) is 0. The number of hydrogen-bond acceptors (Lipinski definition) is 5. The van der Waals surface area contributed by atoms with Gasteiger partial charge in [0.15, 0.2) is 15.5 Å². The fourth-order valence-corrected chi connectivity index (χ4v) is 1.83. The summed E-state index contributed by atoms with van der Waals surface area (Å²) in [6, 6.07) is 0. The van der Waals surface area contributed by atoms with Gasteiger partial charge in [-0.1, -0.05) is 0 Å². The van der Waals surface area contributed by atoms with E-state index in [4.69, 9.17) is 0 Å². The van der Waals surface area contributed by atoms with Crippen molar-refractivity contribution in [1.82, 2.24) is 19.6 Å². The highest BCUT2D eigenvalue weighted by Gasteiger charge is 2.08. The Morgan fingerprint density at radius 2 is 2.21 bits per heavy atom. The van der Waals surface area contributed by atoms with Crippen molar-refractivity contribution in [2.24, 2.45) is 0 Å². The Hall–Kier alpha value is -1.50. The van der Waals surface area contributed by atoms with Gasteiger partial charge in [0.1, 0.15) is 6.33 Å². The van der Waals surface area contributed by atoms with E-state index >= 15 is 0 Å². The molecular formula is C7H8N4O2S. The van der Waals surface area contributed by atoms with Gasteiger partial charge in [0.05, 0.1) is 17.6 Å². The van der Waals surface area contributed by atoms with Crippen molar-refractivity contribution in [2.75, 3.05) is 6.26 Å². The maximum atomic E-state index is 11.0. The minimum absolute atomic E-state index is 0.0608. The summed E-state index contributed by atoms with van der Waals surface area (Å²) in [6.45, 7) is 0. The van der Waals surface area contributed by atoms with Gasteiger partial charge in [0.25, 0.3) is 0 Å². The van der Waals surface area contributed by atoms with Gasteiger partial charge >= 0.3 is 0 Å². The number of aromatic nitrogens is 4. The largest absolute Gasteiger partial charge is 0.287 e. The van der Waals surface area contributed by atoms with E-state index in [0.29, 0.717) is 11.3 Å². The van der Waals surface area contributed by atoms with Crippen molar-refractivity contribution >= 4 is 15.5 Å². The third-order valence-electron chi connectivity index (χ3n) is 1.64. The van der Waals surface area contributed by atoms with Gasteiger partial charge in [-0.05, 0) is 0 Å². The molecule has 0 aliphatic heterocycles. The van der Waals surface area contributed by atoms with Crippen molar-refractivity contribution in [1.29, 1.82) is 0 Å². The fraction of sp³-hybridized carbons (Fsp3) is 0.286. The molecule has 74 valence electrons. The molecule has 0 aromatic carbocycles. The predicted octanol–water partition coefficient (Wildman–Crippen LogP) is -0.331. The van der Waals surface area contributed by atoms with E-state index in [9.17, 15) is 8.42 Å². The normalized spacial score (nSPS) is 12.1. The molecule has 2 aromatic rings. The van der Waals surface area contributed by atoms with E-state index in [0.717, 1.165) is 0 Å². The number of rotatable bonds is 2. The number of nitrogens with zero attached hydrogens (tertiary/aromatic N) is 4. The summed E-state index contributed by atoms with van der Waals surface area (Å²) >= 11 is 0. The monoisotopic (exact) mass is 212 g/mol. The second kappa shape index (κ2) is 3.02. The topological polar surface area (TPSA) is 77.2 Å². The van der Waals surface area contributed by atoms with Gasteiger partial charge in [0, 0.05) is 12.5 Å². The molecule has 0 atom stereocenters. The molecule has 2 rings (SSSR count). The first-order valence-corrected chi connectivity index (χ1v) is 5.93. The maximum Gasteiger partial charge on any atom is 0.158 e. The van der Waals surface area contributed by atoms with Gasteiger partial charge in [-0.3, -0.25) is 4.40 Å². The second-order valence-electron chi connectivity index (χ2n) is 3.04. The first-order chi connectivity index (χ1) is 6.54. The molecule has 6 nitrogen and oxygen atoms in total. The van der Waals surface area contributed by atoms with Crippen molar-refractivity contribution in [2.45, 2.75) is 5.75 Å². The first kappa shape index (κ1) is 9.07. The van der Waals surface area contributed by atoms with E-state index in [2.05, 4.69) is 15.2 Å². The smallest absolute Gasteiger partial charge is 0.158 e. The van der Waals surface area contributed by atoms with Crippen molar-refractivity contribution in [3.8, 4) is 0 Å². The van der Waals surface area contributed by atoms with E-state index in [1.807, 2.05) is 0 Å². The van der Waals surface area contributed by atoms with E-state index in [1.54, 1.807) is 10.6 Å². The van der Waals surface area contributed by atoms with Crippen molar-refractivity contribution in [3.05, 3.63) is 24.4 Å². The average molecular weight is 212 g/mol. The van der Waals surface area contributed by atoms with Crippen LogP contribution in [0, 0.1) is 0 Å². The lowest BCUT2D eigenvalue weighted by atomic mass is 10.6. The fourth-order valence-electron chi connectivity index (χ4n) is 1.16. The minimum atomic E-state index is -3.04. The lowest BCUT2D eigenvalue weighted by Gasteiger charge is -1.90. The summed E-state index contributed by atoms with van der Waals surface area (Å²) in [5.41, 5.74) is 1.10. The zero-order valence-corrected chi connectivity index (χ0v) is 8.27. The SMILES string of the molecule is CS(=O)(=O)Cc1cn2cnncc2n1. The number of fused-ring (bicyclic) bond motifs is 1. The average Bonchev–Trinajstić information content (AvgIpc) is 2.42. The molecule has 0 amide bonds. The Labute approximate surface area is 80.5 Å². The molecule has 0 N–H and O–H groups in total. The molecule has 2 heterocycles. The summed E-state index contributed by atoms with van der Waals surface area (Å²) in [4.78, 5) is 4.08. The third kappa shape index (κ3) is 1.87. The summed E-state index contributed by atoms with van der Waals surface area (Å²) in [7, 11) is -3.04. The highest BCUT2D eigenvalue weighted by atomic mass is 32.2. The molecular weight excluding hydrogens is 204 g/mol. The molecule has 7 heteroatoms. The Morgan fingerprint density at radius 1 is 1.43 bits per heavy atom. The standard InChI is InChI=1S/C7H8N4O2S/c1-14(12,13)4-6-3-11-5-9-8-2-7(11)10-6/h2-3,5H,4H2,1H3. The Balaban J connectivity index is 2.46. The van der Waals surface area contributed by atoms with Crippen LogP contribution in [0.25, 0.3) is 5.65 Å². The zero-order chi connectivity index (χ0) is 10.2. The first-order valence-electron chi connectivity index (χ1n) is 3.86. The van der Waals surface area contributed by atoms with Crippen LogP contribution in [0.5, 0.6) is 0 Å². The third-order valence-corrected chi connectivity index (χ3v) is 2.46. The summed E-state index contributed by atoms with van der Waals surface area (Å²) in [5, 5.41) is 7.29. The summed E-state index contributed by atoms with van der Waals surface area (Å²) < 4.78 is 23.6. The van der Waals surface area contributed by atoms with Gasteiger partial charge < -0.3 is 0 Å². The van der Waals surface area contributed by atoms with Crippen LogP contribution < -0.4 is 0 Å². The lowest BCUT2D eigenvalue weighted by Crippen LogP contribution is -2.00. The molecule has 0 spiro atoms. The highest BCUT2D eigenvalue weighted by molar-refractivity contribution is 7.89. The molecule has 0 bridgehead atoms. The maximum absolute atomic E-state index is 11.0. The zero-order valence-electron chi connectivity index (χ0n) is 7.45. The molecule has 0 fully saturated rings. The molecule has 2 aromatic heterocycles. The minimum Gasteiger partial charge on any atom is -0.287 e. The Morgan fingerprint density at radius 3 is 2.86 bits per heavy atom. The van der Waals surface area contributed by atoms with Crippen LogP contribution in [-0.2, 0) is 15.6 Å². The van der Waals surface area contributed by atoms with Gasteiger partial charge in [-0.2, -0.15) is 5.10 Å². The predicted molar refractivity (Wildman–Crippen MR) is 49.3 cm³/mol. The van der Waals surface area contributed by atoms with Crippen LogP contribution >= 0.6 is 0 Å². The molecule has 0 aliphatic carbocycles. The van der Waals surface area contributed by atoms with E-state index < -0.39 is 9.84 Å². The summed E-state index contributed by atoms with van der Waals surface area (Å²) in [6.07, 6.45) is 5.76. The Kier molecular flexibility index (Phi) is 1.95.